The zero-order valence-electron chi connectivity index (χ0n) is 7.18. The highest BCUT2D eigenvalue weighted by atomic mass is 79.9. The highest BCUT2D eigenvalue weighted by molar-refractivity contribution is 9.10. The average molecular weight is 261 g/mol. The first-order valence-electron chi connectivity index (χ1n) is 3.89. The van der Waals surface area contributed by atoms with E-state index in [-0.39, 0.29) is 6.61 Å². The van der Waals surface area contributed by atoms with Crippen molar-refractivity contribution in [3.63, 3.8) is 0 Å². The number of halogens is 1. The van der Waals surface area contributed by atoms with Gasteiger partial charge in [-0.15, -0.1) is 0 Å². The van der Waals surface area contributed by atoms with Crippen LogP contribution >= 0.6 is 15.9 Å². The molecule has 5 heteroatoms. The number of carboxylic acid groups (broad SMARTS) is 1. The fourth-order valence-electron chi connectivity index (χ4n) is 0.803. The molecule has 0 saturated heterocycles. The fraction of sp³-hybridized carbons (Fsp3) is 0.222. The van der Waals surface area contributed by atoms with Crippen molar-refractivity contribution in [2.75, 3.05) is 6.61 Å². The van der Waals surface area contributed by atoms with Gasteiger partial charge in [-0.1, -0.05) is 22.0 Å². The van der Waals surface area contributed by atoms with Gasteiger partial charge in [0.15, 0.2) is 6.10 Å². The second kappa shape index (κ2) is 4.97. The van der Waals surface area contributed by atoms with Crippen LogP contribution in [0.1, 0.15) is 0 Å². The van der Waals surface area contributed by atoms with E-state index < -0.39 is 12.1 Å². The van der Waals surface area contributed by atoms with Crippen LogP contribution in [0.15, 0.2) is 28.7 Å². The van der Waals surface area contributed by atoms with Crippen molar-refractivity contribution in [1.82, 2.24) is 0 Å². The lowest BCUT2D eigenvalue weighted by atomic mass is 10.3. The predicted octanol–water partition coefficient (Wildman–Crippen LogP) is 1.27. The number of carbonyl (C=O) groups is 1. The molecular formula is C9H9BrO4. The Balaban J connectivity index is 2.49. The number of rotatable bonds is 4. The molecular weight excluding hydrogens is 252 g/mol. The number of ether oxygens (including phenoxy) is 1. The third-order valence-electron chi connectivity index (χ3n) is 1.49. The lowest BCUT2D eigenvalue weighted by Crippen LogP contribution is -2.26. The number of carboxylic acids is 1. The first-order valence-corrected chi connectivity index (χ1v) is 4.68. The van der Waals surface area contributed by atoms with E-state index in [2.05, 4.69) is 15.9 Å². The summed E-state index contributed by atoms with van der Waals surface area (Å²) >= 11 is 3.24. The van der Waals surface area contributed by atoms with Crippen LogP contribution in [0.25, 0.3) is 0 Å². The van der Waals surface area contributed by atoms with Crippen LogP contribution in [-0.2, 0) is 4.79 Å². The Bertz CT molecular complexity index is 326. The van der Waals surface area contributed by atoms with Gasteiger partial charge in [0, 0.05) is 4.47 Å². The Morgan fingerprint density at radius 1 is 1.57 bits per heavy atom. The van der Waals surface area contributed by atoms with Crippen molar-refractivity contribution < 1.29 is 19.7 Å². The number of hydrogen-bond donors (Lipinski definition) is 2. The Kier molecular flexibility index (Phi) is 3.91. The summed E-state index contributed by atoms with van der Waals surface area (Å²) in [7, 11) is 0. The summed E-state index contributed by atoms with van der Waals surface area (Å²) in [6.07, 6.45) is -1.49. The minimum Gasteiger partial charge on any atom is -0.490 e. The maximum atomic E-state index is 10.2. The van der Waals surface area contributed by atoms with Gasteiger partial charge in [0.25, 0.3) is 0 Å². The standard InChI is InChI=1S/C9H9BrO4/c10-6-2-1-3-7(4-6)14-5-8(11)9(12)13/h1-4,8,11H,5H2,(H,12,13). The number of hydrogen-bond acceptors (Lipinski definition) is 3. The average Bonchev–Trinajstić information content (AvgIpc) is 2.14. The second-order valence-electron chi connectivity index (χ2n) is 2.62. The third-order valence-corrected chi connectivity index (χ3v) is 1.98. The van der Waals surface area contributed by atoms with Gasteiger partial charge < -0.3 is 14.9 Å². The Morgan fingerprint density at radius 2 is 2.29 bits per heavy atom. The van der Waals surface area contributed by atoms with Gasteiger partial charge in [-0.3, -0.25) is 0 Å². The van der Waals surface area contributed by atoms with E-state index in [0.717, 1.165) is 4.47 Å². The molecule has 76 valence electrons. The van der Waals surface area contributed by atoms with Crippen LogP contribution in [0, 0.1) is 0 Å². The quantitative estimate of drug-likeness (QED) is 0.856. The molecule has 0 aliphatic carbocycles. The van der Waals surface area contributed by atoms with Crippen molar-refractivity contribution in [2.45, 2.75) is 6.10 Å². The van der Waals surface area contributed by atoms with Crippen molar-refractivity contribution in [1.29, 1.82) is 0 Å². The smallest absolute Gasteiger partial charge is 0.336 e. The van der Waals surface area contributed by atoms with Gasteiger partial charge in [0.1, 0.15) is 12.4 Å². The van der Waals surface area contributed by atoms with Gasteiger partial charge in [-0.2, -0.15) is 0 Å². The zero-order chi connectivity index (χ0) is 10.6. The Hall–Kier alpha value is -1.07. The van der Waals surface area contributed by atoms with Crippen LogP contribution < -0.4 is 4.74 Å². The summed E-state index contributed by atoms with van der Waals surface area (Å²) in [4.78, 5) is 10.2. The summed E-state index contributed by atoms with van der Waals surface area (Å²) in [5.74, 6) is -0.778. The van der Waals surface area contributed by atoms with Crippen molar-refractivity contribution in [3.8, 4) is 5.75 Å². The normalized spacial score (nSPS) is 12.1. The van der Waals surface area contributed by atoms with Crippen molar-refractivity contribution in [3.05, 3.63) is 28.7 Å². The molecule has 1 rings (SSSR count). The number of benzene rings is 1. The van der Waals surface area contributed by atoms with E-state index in [1.807, 2.05) is 6.07 Å². The highest BCUT2D eigenvalue weighted by Gasteiger charge is 2.13. The van der Waals surface area contributed by atoms with Crippen molar-refractivity contribution >= 4 is 21.9 Å². The highest BCUT2D eigenvalue weighted by Crippen LogP contribution is 2.17. The summed E-state index contributed by atoms with van der Waals surface area (Å²) < 4.78 is 5.88. The topological polar surface area (TPSA) is 66.8 Å². The minimum atomic E-state index is -1.49. The zero-order valence-corrected chi connectivity index (χ0v) is 8.77. The van der Waals surface area contributed by atoms with Gasteiger partial charge in [0.05, 0.1) is 0 Å². The second-order valence-corrected chi connectivity index (χ2v) is 3.54. The minimum absolute atomic E-state index is 0.258. The van der Waals surface area contributed by atoms with Gasteiger partial charge in [-0.05, 0) is 18.2 Å². The molecule has 4 nitrogen and oxygen atoms in total. The Morgan fingerprint density at radius 3 is 2.86 bits per heavy atom. The maximum absolute atomic E-state index is 10.2. The van der Waals surface area contributed by atoms with Crippen LogP contribution in [-0.4, -0.2) is 28.9 Å². The lowest BCUT2D eigenvalue weighted by Gasteiger charge is -2.08. The molecule has 0 heterocycles. The summed E-state index contributed by atoms with van der Waals surface area (Å²) in [6.45, 7) is -0.258. The SMILES string of the molecule is O=C(O)C(O)COc1cccc(Br)c1. The summed E-state index contributed by atoms with van der Waals surface area (Å²) in [5.41, 5.74) is 0. The maximum Gasteiger partial charge on any atom is 0.336 e. The lowest BCUT2D eigenvalue weighted by molar-refractivity contribution is -0.148. The van der Waals surface area contributed by atoms with Crippen molar-refractivity contribution in [2.24, 2.45) is 0 Å². The largest absolute Gasteiger partial charge is 0.490 e. The molecule has 0 aliphatic rings. The molecule has 2 N–H and O–H groups in total. The summed E-state index contributed by atoms with van der Waals surface area (Å²) in [5, 5.41) is 17.3. The first kappa shape index (κ1) is 11.0. The van der Waals surface area contributed by atoms with Gasteiger partial charge in [-0.25, -0.2) is 4.79 Å². The molecule has 0 amide bonds. The number of aliphatic hydroxyl groups excluding tert-OH is 1. The molecule has 0 aliphatic heterocycles. The third kappa shape index (κ3) is 3.35. The fourth-order valence-corrected chi connectivity index (χ4v) is 1.18. The monoisotopic (exact) mass is 260 g/mol. The molecule has 1 atom stereocenters. The van der Waals surface area contributed by atoms with Gasteiger partial charge >= 0.3 is 5.97 Å². The van der Waals surface area contributed by atoms with E-state index in [0.29, 0.717) is 5.75 Å². The molecule has 0 bridgehead atoms. The Labute approximate surface area is 89.3 Å². The van der Waals surface area contributed by atoms with E-state index in [1.54, 1.807) is 18.2 Å². The molecule has 0 aromatic heterocycles. The predicted molar refractivity (Wildman–Crippen MR) is 53.3 cm³/mol. The molecule has 1 aromatic carbocycles. The van der Waals surface area contributed by atoms with Gasteiger partial charge in [0.2, 0.25) is 0 Å². The summed E-state index contributed by atoms with van der Waals surface area (Å²) in [6, 6.07) is 6.95. The molecule has 0 saturated carbocycles. The van der Waals surface area contributed by atoms with E-state index >= 15 is 0 Å². The molecule has 0 radical (unpaired) electrons. The van der Waals surface area contributed by atoms with Crippen LogP contribution in [0.5, 0.6) is 5.75 Å². The number of aliphatic carboxylic acids is 1. The number of aliphatic hydroxyl groups is 1. The molecule has 1 unspecified atom stereocenters. The van der Waals surface area contributed by atoms with E-state index in [9.17, 15) is 4.79 Å². The first-order chi connectivity index (χ1) is 6.59. The van der Waals surface area contributed by atoms with Crippen LogP contribution in [0.4, 0.5) is 0 Å². The molecule has 0 spiro atoms. The van der Waals surface area contributed by atoms with Crippen LogP contribution in [0.3, 0.4) is 0 Å². The molecule has 14 heavy (non-hydrogen) atoms. The van der Waals surface area contributed by atoms with E-state index in [4.69, 9.17) is 14.9 Å². The van der Waals surface area contributed by atoms with Crippen LogP contribution in [0.2, 0.25) is 0 Å². The molecule has 0 fully saturated rings. The molecule has 1 aromatic rings. The van der Waals surface area contributed by atoms with E-state index in [1.165, 1.54) is 0 Å².